The van der Waals surface area contributed by atoms with E-state index in [4.69, 9.17) is 0 Å². The third-order valence-electron chi connectivity index (χ3n) is 3.00. The highest BCUT2D eigenvalue weighted by Crippen LogP contribution is 2.18. The Hall–Kier alpha value is -1.16. The molecule has 4 heteroatoms. The highest BCUT2D eigenvalue weighted by molar-refractivity contribution is 5.71. The number of likely N-dealkylation sites (tertiary alicyclic amines) is 1. The predicted molar refractivity (Wildman–Crippen MR) is 57.9 cm³/mol. The summed E-state index contributed by atoms with van der Waals surface area (Å²) in [5.41, 5.74) is 1.59. The molecule has 1 unspecified atom stereocenters. The SMILES string of the molecule is CN1CCCC(Cc2cc(C=O)n[nH]2)C1. The summed E-state index contributed by atoms with van der Waals surface area (Å²) < 4.78 is 0. The van der Waals surface area contributed by atoms with Crippen LogP contribution in [0, 0.1) is 5.92 Å². The lowest BCUT2D eigenvalue weighted by molar-refractivity contribution is 0.111. The number of carbonyl (C=O) groups is 1. The molecule has 1 aromatic rings. The van der Waals surface area contributed by atoms with Gasteiger partial charge in [-0.15, -0.1) is 0 Å². The molecule has 0 aromatic carbocycles. The van der Waals surface area contributed by atoms with Gasteiger partial charge in [0.25, 0.3) is 0 Å². The Bertz CT molecular complexity index is 334. The van der Waals surface area contributed by atoms with E-state index in [9.17, 15) is 4.79 Å². The van der Waals surface area contributed by atoms with Crippen LogP contribution in [0.2, 0.25) is 0 Å². The van der Waals surface area contributed by atoms with Crippen LogP contribution in [0.25, 0.3) is 0 Å². The molecule has 0 aliphatic carbocycles. The number of H-pyrrole nitrogens is 1. The molecular formula is C11H17N3O. The van der Waals surface area contributed by atoms with Gasteiger partial charge in [0.15, 0.2) is 6.29 Å². The van der Waals surface area contributed by atoms with Gasteiger partial charge in [-0.1, -0.05) is 0 Å². The van der Waals surface area contributed by atoms with Crippen LogP contribution in [0.1, 0.15) is 29.0 Å². The van der Waals surface area contributed by atoms with Crippen molar-refractivity contribution in [2.75, 3.05) is 20.1 Å². The molecule has 4 nitrogen and oxygen atoms in total. The Morgan fingerprint density at radius 2 is 2.60 bits per heavy atom. The molecule has 2 rings (SSSR count). The number of aromatic nitrogens is 2. The van der Waals surface area contributed by atoms with Crippen molar-refractivity contribution in [2.24, 2.45) is 5.92 Å². The van der Waals surface area contributed by atoms with Gasteiger partial charge in [-0.3, -0.25) is 9.89 Å². The van der Waals surface area contributed by atoms with Crippen molar-refractivity contribution in [3.63, 3.8) is 0 Å². The van der Waals surface area contributed by atoms with Crippen molar-refractivity contribution in [3.8, 4) is 0 Å². The molecular weight excluding hydrogens is 190 g/mol. The van der Waals surface area contributed by atoms with Crippen molar-refractivity contribution in [2.45, 2.75) is 19.3 Å². The topological polar surface area (TPSA) is 49.0 Å². The third kappa shape index (κ3) is 2.65. The standard InChI is InChI=1S/C11H17N3O/c1-14-4-2-3-9(7-14)5-10-6-11(8-15)13-12-10/h6,8-9H,2-5,7H2,1H3,(H,12,13). The van der Waals surface area contributed by atoms with Gasteiger partial charge in [-0.05, 0) is 44.8 Å². The number of aldehydes is 1. The molecule has 1 aliphatic rings. The van der Waals surface area contributed by atoms with E-state index in [-0.39, 0.29) is 0 Å². The molecule has 1 saturated heterocycles. The molecule has 1 fully saturated rings. The lowest BCUT2D eigenvalue weighted by atomic mass is 9.94. The minimum absolute atomic E-state index is 0.508. The van der Waals surface area contributed by atoms with Gasteiger partial charge in [0, 0.05) is 12.2 Å². The van der Waals surface area contributed by atoms with Gasteiger partial charge in [-0.25, -0.2) is 0 Å². The van der Waals surface area contributed by atoms with E-state index in [1.807, 2.05) is 6.07 Å². The van der Waals surface area contributed by atoms with Crippen molar-refractivity contribution in [1.82, 2.24) is 15.1 Å². The average Bonchev–Trinajstić information content (AvgIpc) is 2.65. The minimum atomic E-state index is 0.508. The highest BCUT2D eigenvalue weighted by Gasteiger charge is 2.18. The van der Waals surface area contributed by atoms with Crippen LogP contribution in [0.15, 0.2) is 6.07 Å². The van der Waals surface area contributed by atoms with Crippen LogP contribution < -0.4 is 0 Å². The van der Waals surface area contributed by atoms with E-state index in [0.717, 1.165) is 24.9 Å². The zero-order valence-electron chi connectivity index (χ0n) is 9.07. The fourth-order valence-corrected chi connectivity index (χ4v) is 2.30. The second kappa shape index (κ2) is 4.57. The van der Waals surface area contributed by atoms with E-state index < -0.39 is 0 Å². The molecule has 15 heavy (non-hydrogen) atoms. The molecule has 82 valence electrons. The second-order valence-electron chi connectivity index (χ2n) is 4.41. The number of rotatable bonds is 3. The monoisotopic (exact) mass is 207 g/mol. The first-order valence-corrected chi connectivity index (χ1v) is 5.46. The minimum Gasteiger partial charge on any atom is -0.306 e. The quantitative estimate of drug-likeness (QED) is 0.755. The van der Waals surface area contributed by atoms with E-state index in [1.165, 1.54) is 19.4 Å². The number of carbonyl (C=O) groups excluding carboxylic acids is 1. The van der Waals surface area contributed by atoms with Gasteiger partial charge in [0.1, 0.15) is 5.69 Å². The van der Waals surface area contributed by atoms with Gasteiger partial charge in [0.2, 0.25) is 0 Å². The van der Waals surface area contributed by atoms with Crippen LogP contribution in [-0.4, -0.2) is 41.5 Å². The summed E-state index contributed by atoms with van der Waals surface area (Å²) in [6.45, 7) is 2.36. The number of nitrogens with zero attached hydrogens (tertiary/aromatic N) is 2. The Labute approximate surface area is 89.7 Å². The molecule has 1 atom stereocenters. The van der Waals surface area contributed by atoms with Crippen LogP contribution >= 0.6 is 0 Å². The summed E-state index contributed by atoms with van der Waals surface area (Å²) in [4.78, 5) is 12.8. The van der Waals surface area contributed by atoms with Crippen molar-refractivity contribution in [3.05, 3.63) is 17.5 Å². The van der Waals surface area contributed by atoms with Gasteiger partial charge in [-0.2, -0.15) is 5.10 Å². The van der Waals surface area contributed by atoms with E-state index in [2.05, 4.69) is 22.1 Å². The molecule has 1 aliphatic heterocycles. The predicted octanol–water partition coefficient (Wildman–Crippen LogP) is 1.11. The first-order valence-electron chi connectivity index (χ1n) is 5.46. The van der Waals surface area contributed by atoms with Crippen LogP contribution in [0.5, 0.6) is 0 Å². The second-order valence-corrected chi connectivity index (χ2v) is 4.41. The Kier molecular flexibility index (Phi) is 3.16. The molecule has 0 radical (unpaired) electrons. The molecule has 1 aromatic heterocycles. The average molecular weight is 207 g/mol. The molecule has 0 spiro atoms. The maximum Gasteiger partial charge on any atom is 0.170 e. The smallest absolute Gasteiger partial charge is 0.170 e. The number of piperidine rings is 1. The fourth-order valence-electron chi connectivity index (χ4n) is 2.30. The molecule has 1 N–H and O–H groups in total. The molecule has 0 bridgehead atoms. The first kappa shape index (κ1) is 10.4. The van der Waals surface area contributed by atoms with E-state index in [1.54, 1.807) is 0 Å². The number of hydrogen-bond acceptors (Lipinski definition) is 3. The lowest BCUT2D eigenvalue weighted by Gasteiger charge is -2.29. The van der Waals surface area contributed by atoms with E-state index in [0.29, 0.717) is 11.6 Å². The summed E-state index contributed by atoms with van der Waals surface area (Å²) in [5.74, 6) is 0.698. The largest absolute Gasteiger partial charge is 0.306 e. The summed E-state index contributed by atoms with van der Waals surface area (Å²) >= 11 is 0. The van der Waals surface area contributed by atoms with Gasteiger partial charge >= 0.3 is 0 Å². The maximum atomic E-state index is 10.5. The number of nitrogens with one attached hydrogen (secondary N) is 1. The third-order valence-corrected chi connectivity index (χ3v) is 3.00. The van der Waals surface area contributed by atoms with Crippen molar-refractivity contribution in [1.29, 1.82) is 0 Å². The normalized spacial score (nSPS) is 22.9. The molecule has 0 amide bonds. The van der Waals surface area contributed by atoms with Crippen LogP contribution in [0.3, 0.4) is 0 Å². The van der Waals surface area contributed by atoms with E-state index >= 15 is 0 Å². The van der Waals surface area contributed by atoms with Crippen molar-refractivity contribution < 1.29 is 4.79 Å². The first-order chi connectivity index (χ1) is 7.28. The van der Waals surface area contributed by atoms with Gasteiger partial charge < -0.3 is 4.90 Å². The summed E-state index contributed by atoms with van der Waals surface area (Å²) in [6.07, 6.45) is 4.34. The lowest BCUT2D eigenvalue weighted by Crippen LogP contribution is -2.33. The summed E-state index contributed by atoms with van der Waals surface area (Å²) in [7, 11) is 2.16. The summed E-state index contributed by atoms with van der Waals surface area (Å²) in [5, 5.41) is 6.83. The number of hydrogen-bond donors (Lipinski definition) is 1. The summed E-state index contributed by atoms with van der Waals surface area (Å²) in [6, 6.07) is 1.85. The number of aromatic amines is 1. The zero-order valence-corrected chi connectivity index (χ0v) is 9.07. The van der Waals surface area contributed by atoms with Crippen LogP contribution in [0.4, 0.5) is 0 Å². The van der Waals surface area contributed by atoms with Crippen molar-refractivity contribution >= 4 is 6.29 Å². The fraction of sp³-hybridized carbons (Fsp3) is 0.636. The zero-order chi connectivity index (χ0) is 10.7. The Morgan fingerprint density at radius 3 is 3.27 bits per heavy atom. The van der Waals surface area contributed by atoms with Crippen LogP contribution in [-0.2, 0) is 6.42 Å². The highest BCUT2D eigenvalue weighted by atomic mass is 16.1. The Balaban J connectivity index is 1.92. The molecule has 0 saturated carbocycles. The Morgan fingerprint density at radius 1 is 1.73 bits per heavy atom. The molecule has 2 heterocycles. The van der Waals surface area contributed by atoms with Gasteiger partial charge in [0.05, 0.1) is 0 Å². The maximum absolute atomic E-state index is 10.5.